The molecular weight excluding hydrogens is 859 g/mol. The number of anilines is 3. The average molecular weight is 904 g/mol. The summed E-state index contributed by atoms with van der Waals surface area (Å²) in [5.74, 6) is 1.84. The molecule has 1 spiro atoms. The lowest BCUT2D eigenvalue weighted by molar-refractivity contribution is 0.447. The molecule has 14 rings (SSSR count). The summed E-state index contributed by atoms with van der Waals surface area (Å²) in [5, 5.41) is 4.54. The van der Waals surface area contributed by atoms with Crippen LogP contribution in [-0.2, 0) is 5.41 Å². The summed E-state index contributed by atoms with van der Waals surface area (Å²) in [6.45, 7) is 0. The van der Waals surface area contributed by atoms with Crippen LogP contribution in [0.4, 0.5) is 17.1 Å². The van der Waals surface area contributed by atoms with Crippen LogP contribution in [0.2, 0.25) is 0 Å². The number of benzene rings is 12. The first-order valence-electron chi connectivity index (χ1n) is 24.5. The molecule has 0 bridgehead atoms. The van der Waals surface area contributed by atoms with E-state index in [9.17, 15) is 0 Å². The van der Waals surface area contributed by atoms with Gasteiger partial charge < -0.3 is 9.64 Å². The fourth-order valence-electron chi connectivity index (χ4n) is 11.8. The molecule has 2 nitrogen and oxygen atoms in total. The number of ether oxygens (including phenoxy) is 1. The Morgan fingerprint density at radius 3 is 1.48 bits per heavy atom. The van der Waals surface area contributed by atoms with Crippen molar-refractivity contribution in [3.63, 3.8) is 0 Å². The van der Waals surface area contributed by atoms with E-state index < -0.39 is 5.41 Å². The third kappa shape index (κ3) is 6.35. The summed E-state index contributed by atoms with van der Waals surface area (Å²) in [4.78, 5) is 2.47. The van der Waals surface area contributed by atoms with Gasteiger partial charge in [0, 0.05) is 38.7 Å². The topological polar surface area (TPSA) is 12.5 Å². The molecule has 1 aliphatic carbocycles. The number of para-hydroxylation sites is 1. The molecule has 0 N–H and O–H groups in total. The van der Waals surface area contributed by atoms with E-state index in [1.807, 2.05) is 0 Å². The van der Waals surface area contributed by atoms with E-state index in [0.717, 1.165) is 89.1 Å². The monoisotopic (exact) mass is 903 g/mol. The summed E-state index contributed by atoms with van der Waals surface area (Å²) >= 11 is 0. The van der Waals surface area contributed by atoms with Crippen LogP contribution in [0.15, 0.2) is 273 Å². The minimum atomic E-state index is -0.651. The Balaban J connectivity index is 1.02. The standard InChI is InChI=1S/C69H45NO/c1-4-20-46(21-5-1)51-40-43-65(59(45-51)48-24-8-3-9-25-48)70(64-37-17-15-30-54(64)47-22-6-2-7-23-47)53-29-18-28-52(44-53)55-34-19-36-61-66(55)58-33-14-16-35-60(58)69(61)62-41-38-49-26-10-12-31-56(49)67(62)71-68-57-32-13-11-27-50(57)39-42-63(68)69/h1-45H. The lowest BCUT2D eigenvalue weighted by Gasteiger charge is -2.40. The first kappa shape index (κ1) is 40.8. The molecule has 2 heteroatoms. The highest BCUT2D eigenvalue weighted by atomic mass is 16.5. The predicted octanol–water partition coefficient (Wildman–Crippen LogP) is 18.6. The molecule has 12 aromatic rings. The maximum absolute atomic E-state index is 7.27. The van der Waals surface area contributed by atoms with Gasteiger partial charge in [0.1, 0.15) is 11.5 Å². The van der Waals surface area contributed by atoms with Gasteiger partial charge in [-0.3, -0.25) is 0 Å². The minimum Gasteiger partial charge on any atom is -0.455 e. The summed E-state index contributed by atoms with van der Waals surface area (Å²) in [6, 6.07) is 99.8. The third-order valence-corrected chi connectivity index (χ3v) is 14.9. The maximum Gasteiger partial charge on any atom is 0.140 e. The van der Waals surface area contributed by atoms with Crippen molar-refractivity contribution in [2.45, 2.75) is 5.41 Å². The van der Waals surface area contributed by atoms with Gasteiger partial charge in [0.15, 0.2) is 0 Å². The number of nitrogens with zero attached hydrogens (tertiary/aromatic N) is 1. The van der Waals surface area contributed by atoms with E-state index >= 15 is 0 Å². The summed E-state index contributed by atoms with van der Waals surface area (Å²) in [5.41, 5.74) is 19.2. The number of hydrogen-bond acceptors (Lipinski definition) is 2. The molecule has 0 saturated carbocycles. The van der Waals surface area contributed by atoms with E-state index in [2.05, 4.69) is 278 Å². The zero-order valence-corrected chi connectivity index (χ0v) is 38.8. The highest BCUT2D eigenvalue weighted by Crippen LogP contribution is 2.65. The fourth-order valence-corrected chi connectivity index (χ4v) is 11.8. The second-order valence-corrected chi connectivity index (χ2v) is 18.7. The second-order valence-electron chi connectivity index (χ2n) is 18.7. The average Bonchev–Trinajstić information content (AvgIpc) is 3.75. The molecule has 71 heavy (non-hydrogen) atoms. The third-order valence-electron chi connectivity index (χ3n) is 14.9. The quantitative estimate of drug-likeness (QED) is 0.158. The molecule has 0 atom stereocenters. The second kappa shape index (κ2) is 16.5. The van der Waals surface area contributed by atoms with Gasteiger partial charge in [0.25, 0.3) is 0 Å². The smallest absolute Gasteiger partial charge is 0.140 e. The van der Waals surface area contributed by atoms with Crippen molar-refractivity contribution in [1.82, 2.24) is 0 Å². The summed E-state index contributed by atoms with van der Waals surface area (Å²) in [7, 11) is 0. The van der Waals surface area contributed by atoms with Crippen molar-refractivity contribution in [2.75, 3.05) is 4.90 Å². The Hall–Kier alpha value is -9.24. The lowest BCUT2D eigenvalue weighted by Crippen LogP contribution is -2.32. The Morgan fingerprint density at radius 2 is 0.789 bits per heavy atom. The van der Waals surface area contributed by atoms with Gasteiger partial charge >= 0.3 is 0 Å². The van der Waals surface area contributed by atoms with Crippen LogP contribution >= 0.6 is 0 Å². The van der Waals surface area contributed by atoms with Gasteiger partial charge in [-0.25, -0.2) is 0 Å². The molecule has 0 radical (unpaired) electrons. The molecule has 0 unspecified atom stereocenters. The van der Waals surface area contributed by atoms with Gasteiger partial charge in [0.05, 0.1) is 16.8 Å². The van der Waals surface area contributed by atoms with Crippen LogP contribution in [0.1, 0.15) is 22.3 Å². The number of fused-ring (bicyclic) bond motifs is 13. The van der Waals surface area contributed by atoms with Crippen LogP contribution in [0.3, 0.4) is 0 Å². The van der Waals surface area contributed by atoms with Gasteiger partial charge in [-0.15, -0.1) is 0 Å². The van der Waals surface area contributed by atoms with Crippen molar-refractivity contribution >= 4 is 38.6 Å². The lowest BCUT2D eigenvalue weighted by atomic mass is 9.65. The normalized spacial score (nSPS) is 12.7. The Kier molecular flexibility index (Phi) is 9.47. The SMILES string of the molecule is c1ccc(-c2ccc(N(c3cccc(-c4cccc5c4-c4ccccc4C54c5ccc6ccccc6c5Oc5c4ccc4ccccc54)c3)c3ccccc3-c3ccccc3)c(-c3ccccc3)c2)cc1. The van der Waals surface area contributed by atoms with Gasteiger partial charge in [-0.1, -0.05) is 243 Å². The summed E-state index contributed by atoms with van der Waals surface area (Å²) in [6.07, 6.45) is 0. The van der Waals surface area contributed by atoms with Crippen LogP contribution < -0.4 is 9.64 Å². The minimum absolute atomic E-state index is 0.651. The molecule has 2 aliphatic rings. The number of hydrogen-bond donors (Lipinski definition) is 0. The van der Waals surface area contributed by atoms with Crippen LogP contribution in [0, 0.1) is 0 Å². The first-order chi connectivity index (χ1) is 35.2. The van der Waals surface area contributed by atoms with Crippen molar-refractivity contribution in [3.05, 3.63) is 295 Å². The Bertz CT molecular complexity index is 3940. The molecule has 12 aromatic carbocycles. The van der Waals surface area contributed by atoms with E-state index in [-0.39, 0.29) is 0 Å². The highest BCUT2D eigenvalue weighted by molar-refractivity contribution is 6.03. The van der Waals surface area contributed by atoms with E-state index in [1.165, 1.54) is 38.9 Å². The number of rotatable bonds is 7. The summed E-state index contributed by atoms with van der Waals surface area (Å²) < 4.78 is 7.27. The van der Waals surface area contributed by atoms with Gasteiger partial charge in [-0.2, -0.15) is 0 Å². The van der Waals surface area contributed by atoms with Gasteiger partial charge in [-0.05, 0) is 96.7 Å². The molecular formula is C69H45NO. The van der Waals surface area contributed by atoms with Crippen molar-refractivity contribution in [2.24, 2.45) is 0 Å². The van der Waals surface area contributed by atoms with E-state index in [4.69, 9.17) is 4.74 Å². The molecule has 1 heterocycles. The van der Waals surface area contributed by atoms with Crippen LogP contribution in [-0.4, -0.2) is 0 Å². The fraction of sp³-hybridized carbons (Fsp3) is 0.0145. The highest BCUT2D eigenvalue weighted by Gasteiger charge is 2.52. The molecule has 0 saturated heterocycles. The van der Waals surface area contributed by atoms with Crippen LogP contribution in [0.5, 0.6) is 11.5 Å². The predicted molar refractivity (Wildman–Crippen MR) is 295 cm³/mol. The molecule has 1 aliphatic heterocycles. The molecule has 0 fully saturated rings. The van der Waals surface area contributed by atoms with Crippen molar-refractivity contribution in [3.8, 4) is 67.1 Å². The van der Waals surface area contributed by atoms with E-state index in [0.29, 0.717) is 0 Å². The first-order valence-corrected chi connectivity index (χ1v) is 24.5. The molecule has 0 amide bonds. The molecule has 332 valence electrons. The zero-order chi connectivity index (χ0) is 46.9. The zero-order valence-electron chi connectivity index (χ0n) is 38.8. The van der Waals surface area contributed by atoms with Crippen LogP contribution in [0.25, 0.3) is 77.2 Å². The Morgan fingerprint density at radius 1 is 0.282 bits per heavy atom. The molecule has 0 aromatic heterocycles. The Labute approximate surface area is 414 Å². The largest absolute Gasteiger partial charge is 0.455 e. The van der Waals surface area contributed by atoms with Crippen molar-refractivity contribution < 1.29 is 4.74 Å². The van der Waals surface area contributed by atoms with Crippen molar-refractivity contribution in [1.29, 1.82) is 0 Å². The van der Waals surface area contributed by atoms with Gasteiger partial charge in [0.2, 0.25) is 0 Å². The maximum atomic E-state index is 7.27. The van der Waals surface area contributed by atoms with E-state index in [1.54, 1.807) is 0 Å².